The van der Waals surface area contributed by atoms with Gasteiger partial charge in [0, 0.05) is 18.7 Å². The molecule has 0 aromatic heterocycles. The molecule has 0 heterocycles. The lowest BCUT2D eigenvalue weighted by Gasteiger charge is -2.07. The highest BCUT2D eigenvalue weighted by Gasteiger charge is 2.08. The molecular formula is C10H12F3NS. The van der Waals surface area contributed by atoms with Gasteiger partial charge in [-0.25, -0.2) is 13.2 Å². The summed E-state index contributed by atoms with van der Waals surface area (Å²) in [5.74, 6) is -2.03. The third-order valence-electron chi connectivity index (χ3n) is 1.85. The molecule has 0 aliphatic heterocycles. The Balaban J connectivity index is 2.57. The number of hydrogen-bond donors (Lipinski definition) is 1. The minimum atomic E-state index is -1.16. The summed E-state index contributed by atoms with van der Waals surface area (Å²) in [6.45, 7) is 0.544. The van der Waals surface area contributed by atoms with E-state index in [1.54, 1.807) is 11.8 Å². The van der Waals surface area contributed by atoms with Crippen molar-refractivity contribution in [2.24, 2.45) is 0 Å². The highest BCUT2D eigenvalue weighted by atomic mass is 32.2. The summed E-state index contributed by atoms with van der Waals surface area (Å²) < 4.78 is 38.4. The van der Waals surface area contributed by atoms with E-state index < -0.39 is 17.5 Å². The third-order valence-corrected chi connectivity index (χ3v) is 2.55. The second-order valence-electron chi connectivity index (χ2n) is 3.02. The molecule has 15 heavy (non-hydrogen) atoms. The van der Waals surface area contributed by atoms with E-state index in [4.69, 9.17) is 0 Å². The van der Waals surface area contributed by atoms with Gasteiger partial charge in [-0.15, -0.1) is 0 Å². The third kappa shape index (κ3) is 3.66. The fourth-order valence-corrected chi connectivity index (χ4v) is 1.53. The number of nitrogens with one attached hydrogen (secondary N) is 1. The molecule has 0 unspecified atom stereocenters. The van der Waals surface area contributed by atoms with Crippen LogP contribution in [0.25, 0.3) is 0 Å². The minimum absolute atomic E-state index is 0.00926. The Hall–Kier alpha value is -0.840. The molecule has 84 valence electrons. The van der Waals surface area contributed by atoms with Gasteiger partial charge in [-0.05, 0) is 18.4 Å². The van der Waals surface area contributed by atoms with Crippen molar-refractivity contribution in [3.63, 3.8) is 0 Å². The Kier molecular flexibility index (Phi) is 4.81. The van der Waals surface area contributed by atoms with E-state index in [1.165, 1.54) is 0 Å². The normalized spacial score (nSPS) is 10.4. The van der Waals surface area contributed by atoms with Crippen LogP contribution in [0.2, 0.25) is 0 Å². The number of halogens is 3. The van der Waals surface area contributed by atoms with Crippen molar-refractivity contribution < 1.29 is 13.2 Å². The van der Waals surface area contributed by atoms with Gasteiger partial charge in [0.25, 0.3) is 0 Å². The highest BCUT2D eigenvalue weighted by Crippen LogP contribution is 2.18. The lowest BCUT2D eigenvalue weighted by atomic mass is 10.2. The van der Waals surface area contributed by atoms with Crippen molar-refractivity contribution in [1.29, 1.82) is 0 Å². The number of hydrogen-bond acceptors (Lipinski definition) is 2. The van der Waals surface area contributed by atoms with Crippen molar-refractivity contribution in [3.05, 3.63) is 29.6 Å². The predicted molar refractivity (Wildman–Crippen MR) is 57.8 cm³/mol. The van der Waals surface area contributed by atoms with E-state index >= 15 is 0 Å². The first-order valence-corrected chi connectivity index (χ1v) is 5.92. The fourth-order valence-electron chi connectivity index (χ4n) is 1.10. The Bertz CT molecular complexity index is 331. The van der Waals surface area contributed by atoms with Crippen LogP contribution >= 0.6 is 11.8 Å². The van der Waals surface area contributed by atoms with Crippen LogP contribution in [0, 0.1) is 17.5 Å². The van der Waals surface area contributed by atoms with E-state index in [9.17, 15) is 13.2 Å². The maximum absolute atomic E-state index is 13.1. The maximum Gasteiger partial charge on any atom is 0.161 e. The van der Waals surface area contributed by atoms with E-state index in [-0.39, 0.29) is 5.69 Å². The Morgan fingerprint density at radius 2 is 1.80 bits per heavy atom. The van der Waals surface area contributed by atoms with Crippen molar-refractivity contribution >= 4 is 17.4 Å². The molecular weight excluding hydrogens is 223 g/mol. The molecule has 0 amide bonds. The summed E-state index contributed by atoms with van der Waals surface area (Å²) >= 11 is 1.68. The predicted octanol–water partition coefficient (Wildman–Crippen LogP) is 3.27. The van der Waals surface area contributed by atoms with Gasteiger partial charge >= 0.3 is 0 Å². The molecule has 0 bridgehead atoms. The minimum Gasteiger partial charge on any atom is -0.383 e. The second-order valence-corrected chi connectivity index (χ2v) is 4.00. The molecule has 1 nitrogen and oxygen atoms in total. The monoisotopic (exact) mass is 235 g/mol. The standard InChI is InChI=1S/C10H12F3NS/c1-15-4-2-3-14-10-6-8(12)7(11)5-9(10)13/h5-6,14H,2-4H2,1H3. The topological polar surface area (TPSA) is 12.0 Å². The maximum atomic E-state index is 13.1. The molecule has 0 aliphatic carbocycles. The van der Waals surface area contributed by atoms with Crippen LogP contribution in [0.5, 0.6) is 0 Å². The highest BCUT2D eigenvalue weighted by molar-refractivity contribution is 7.98. The van der Waals surface area contributed by atoms with E-state index in [1.807, 2.05) is 6.26 Å². The second kappa shape index (κ2) is 5.90. The zero-order chi connectivity index (χ0) is 11.3. The van der Waals surface area contributed by atoms with Crippen LogP contribution < -0.4 is 5.32 Å². The Morgan fingerprint density at radius 1 is 1.13 bits per heavy atom. The first-order chi connectivity index (χ1) is 7.15. The lowest BCUT2D eigenvalue weighted by Crippen LogP contribution is -2.05. The molecule has 0 atom stereocenters. The Morgan fingerprint density at radius 3 is 2.47 bits per heavy atom. The van der Waals surface area contributed by atoms with Crippen molar-refractivity contribution in [2.75, 3.05) is 23.9 Å². The van der Waals surface area contributed by atoms with Crippen molar-refractivity contribution in [3.8, 4) is 0 Å². The lowest BCUT2D eigenvalue weighted by molar-refractivity contribution is 0.496. The van der Waals surface area contributed by atoms with Gasteiger partial charge in [-0.1, -0.05) is 0 Å². The van der Waals surface area contributed by atoms with Gasteiger partial charge in [0.15, 0.2) is 11.6 Å². The molecule has 0 saturated heterocycles. The molecule has 0 radical (unpaired) electrons. The van der Waals surface area contributed by atoms with Crippen LogP contribution in [0.4, 0.5) is 18.9 Å². The molecule has 5 heteroatoms. The van der Waals surface area contributed by atoms with Crippen LogP contribution in [0.3, 0.4) is 0 Å². The van der Waals surface area contributed by atoms with Crippen LogP contribution in [-0.2, 0) is 0 Å². The van der Waals surface area contributed by atoms with Gasteiger partial charge in [0.05, 0.1) is 5.69 Å². The summed E-state index contributed by atoms with van der Waals surface area (Å²) in [6, 6.07) is 1.38. The summed E-state index contributed by atoms with van der Waals surface area (Å²) in [5.41, 5.74) is 0.00926. The summed E-state index contributed by atoms with van der Waals surface area (Å²) in [7, 11) is 0. The summed E-state index contributed by atoms with van der Waals surface area (Å²) in [4.78, 5) is 0. The smallest absolute Gasteiger partial charge is 0.161 e. The molecule has 0 fully saturated rings. The molecule has 1 aromatic rings. The summed E-state index contributed by atoms with van der Waals surface area (Å²) in [5, 5.41) is 2.72. The van der Waals surface area contributed by atoms with E-state index in [2.05, 4.69) is 5.32 Å². The molecule has 0 aliphatic rings. The van der Waals surface area contributed by atoms with E-state index in [0.717, 1.165) is 18.2 Å². The SMILES string of the molecule is CSCCCNc1cc(F)c(F)cc1F. The largest absolute Gasteiger partial charge is 0.383 e. The van der Waals surface area contributed by atoms with Crippen LogP contribution in [-0.4, -0.2) is 18.6 Å². The molecule has 1 rings (SSSR count). The van der Waals surface area contributed by atoms with Crippen molar-refractivity contribution in [1.82, 2.24) is 0 Å². The number of rotatable bonds is 5. The zero-order valence-corrected chi connectivity index (χ0v) is 9.13. The quantitative estimate of drug-likeness (QED) is 0.621. The first kappa shape index (κ1) is 12.2. The first-order valence-electron chi connectivity index (χ1n) is 4.52. The number of anilines is 1. The van der Waals surface area contributed by atoms with Gasteiger partial charge < -0.3 is 5.32 Å². The van der Waals surface area contributed by atoms with Crippen molar-refractivity contribution in [2.45, 2.75) is 6.42 Å². The molecule has 0 spiro atoms. The van der Waals surface area contributed by atoms with Gasteiger partial charge in [-0.3, -0.25) is 0 Å². The average Bonchev–Trinajstić information content (AvgIpc) is 2.20. The van der Waals surface area contributed by atoms with E-state index in [0.29, 0.717) is 12.6 Å². The van der Waals surface area contributed by atoms with Gasteiger partial charge in [-0.2, -0.15) is 11.8 Å². The Labute approximate surface area is 91.1 Å². The average molecular weight is 235 g/mol. The van der Waals surface area contributed by atoms with Crippen LogP contribution in [0.1, 0.15) is 6.42 Å². The number of thioether (sulfide) groups is 1. The molecule has 1 N–H and O–H groups in total. The number of benzene rings is 1. The molecule has 1 aromatic carbocycles. The van der Waals surface area contributed by atoms with Gasteiger partial charge in [0.1, 0.15) is 5.82 Å². The summed E-state index contributed by atoms with van der Waals surface area (Å²) in [6.07, 6.45) is 2.82. The van der Waals surface area contributed by atoms with Gasteiger partial charge in [0.2, 0.25) is 0 Å². The fraction of sp³-hybridized carbons (Fsp3) is 0.400. The zero-order valence-electron chi connectivity index (χ0n) is 8.32. The molecule has 0 saturated carbocycles. The van der Waals surface area contributed by atoms with Crippen LogP contribution in [0.15, 0.2) is 12.1 Å².